The van der Waals surface area contributed by atoms with Crippen molar-refractivity contribution in [3.8, 4) is 0 Å². The number of esters is 1. The summed E-state index contributed by atoms with van der Waals surface area (Å²) in [5.41, 5.74) is 3.31. The molecule has 1 aromatic carbocycles. The lowest BCUT2D eigenvalue weighted by molar-refractivity contribution is -0.156. The van der Waals surface area contributed by atoms with Crippen LogP contribution in [0.15, 0.2) is 42.9 Å². The molecule has 218 valence electrons. The standard InChI is InChI=1S/C34H41FN2O4/c1-21-13-22(16-32(39)41-34(2,3)4)15-24(14-21)27-7-10-36-19-26(27)18-31(38)28-5-6-30(35)29-17-25(20-37-33(28)29)23-8-11-40-12-9-23/h5-7,10,17,19-24H,8-9,11-16,18H2,1-4H3/t21-,22+,24-/m1/s1. The molecule has 0 bridgehead atoms. The average Bonchev–Trinajstić information content (AvgIpc) is 2.92. The summed E-state index contributed by atoms with van der Waals surface area (Å²) in [6, 6.07) is 6.79. The number of rotatable bonds is 7. The first-order valence-electron chi connectivity index (χ1n) is 14.9. The predicted octanol–water partition coefficient (Wildman–Crippen LogP) is 7.34. The first-order valence-corrected chi connectivity index (χ1v) is 14.9. The van der Waals surface area contributed by atoms with Crippen molar-refractivity contribution in [2.45, 2.75) is 90.1 Å². The third kappa shape index (κ3) is 7.18. The Morgan fingerprint density at radius 1 is 1.05 bits per heavy atom. The van der Waals surface area contributed by atoms with Crippen molar-refractivity contribution in [1.82, 2.24) is 9.97 Å². The number of hydrogen-bond donors (Lipinski definition) is 0. The fraction of sp³-hybridized carbons (Fsp3) is 0.529. The number of pyridine rings is 2. The topological polar surface area (TPSA) is 78.4 Å². The van der Waals surface area contributed by atoms with Crippen LogP contribution >= 0.6 is 0 Å². The molecule has 3 aromatic rings. The van der Waals surface area contributed by atoms with E-state index in [9.17, 15) is 14.0 Å². The van der Waals surface area contributed by atoms with Crippen molar-refractivity contribution in [3.63, 3.8) is 0 Å². The summed E-state index contributed by atoms with van der Waals surface area (Å²) in [6.45, 7) is 9.29. The van der Waals surface area contributed by atoms with Gasteiger partial charge >= 0.3 is 5.97 Å². The highest BCUT2D eigenvalue weighted by atomic mass is 19.1. The monoisotopic (exact) mass is 560 g/mol. The number of ketones is 1. The van der Waals surface area contributed by atoms with Gasteiger partial charge in [-0.05, 0) is 118 Å². The van der Waals surface area contributed by atoms with E-state index in [0.29, 0.717) is 42.0 Å². The van der Waals surface area contributed by atoms with Crippen molar-refractivity contribution in [3.05, 3.63) is 70.9 Å². The fourth-order valence-electron chi connectivity index (χ4n) is 6.72. The van der Waals surface area contributed by atoms with Crippen molar-refractivity contribution in [2.75, 3.05) is 13.2 Å². The van der Waals surface area contributed by atoms with Crippen molar-refractivity contribution in [1.29, 1.82) is 0 Å². The van der Waals surface area contributed by atoms with E-state index in [0.717, 1.165) is 48.8 Å². The summed E-state index contributed by atoms with van der Waals surface area (Å²) in [5, 5.41) is 0.386. The van der Waals surface area contributed by atoms with Crippen LogP contribution in [0.1, 0.15) is 105 Å². The second kappa shape index (κ2) is 12.4. The second-order valence-corrected chi connectivity index (χ2v) is 13.0. The van der Waals surface area contributed by atoms with Gasteiger partial charge in [0.2, 0.25) is 0 Å². The SMILES string of the molecule is C[C@@H]1C[C@H](CC(=O)OC(C)(C)C)C[C@H](c2ccncc2CC(=O)c2ccc(F)c3cc(C4CCOCC4)cnc23)C1. The molecule has 41 heavy (non-hydrogen) atoms. The maximum Gasteiger partial charge on any atom is 0.306 e. The molecule has 3 heterocycles. The molecule has 5 rings (SSSR count). The summed E-state index contributed by atoms with van der Waals surface area (Å²) in [7, 11) is 0. The Balaban J connectivity index is 1.36. The maximum atomic E-state index is 14.9. The van der Waals surface area contributed by atoms with Crippen LogP contribution in [0, 0.1) is 17.7 Å². The van der Waals surface area contributed by atoms with Gasteiger partial charge in [0.05, 0.1) is 5.52 Å². The number of halogens is 1. The van der Waals surface area contributed by atoms with Crippen LogP contribution in [0.4, 0.5) is 4.39 Å². The fourth-order valence-corrected chi connectivity index (χ4v) is 6.72. The lowest BCUT2D eigenvalue weighted by atomic mass is 9.71. The molecule has 2 fully saturated rings. The smallest absolute Gasteiger partial charge is 0.306 e. The normalized spacial score (nSPS) is 22.0. The molecule has 1 aliphatic carbocycles. The number of fused-ring (bicyclic) bond motifs is 1. The van der Waals surface area contributed by atoms with Crippen LogP contribution < -0.4 is 0 Å². The van der Waals surface area contributed by atoms with Gasteiger partial charge in [0.1, 0.15) is 11.4 Å². The first kappa shape index (κ1) is 29.3. The molecular formula is C34H41FN2O4. The van der Waals surface area contributed by atoms with Crippen LogP contribution in [-0.4, -0.2) is 40.5 Å². The number of nitrogens with zero attached hydrogens (tertiary/aromatic N) is 2. The Morgan fingerprint density at radius 2 is 1.83 bits per heavy atom. The Hall–Kier alpha value is -3.19. The number of carbonyl (C=O) groups excluding carboxylic acids is 2. The van der Waals surface area contributed by atoms with E-state index in [-0.39, 0.29) is 41.7 Å². The van der Waals surface area contributed by atoms with Crippen molar-refractivity contribution >= 4 is 22.7 Å². The van der Waals surface area contributed by atoms with E-state index in [1.807, 2.05) is 32.9 Å². The Morgan fingerprint density at radius 3 is 2.59 bits per heavy atom. The van der Waals surface area contributed by atoms with Gasteiger partial charge in [-0.25, -0.2) is 4.39 Å². The lowest BCUT2D eigenvalue weighted by Crippen LogP contribution is -2.28. The van der Waals surface area contributed by atoms with Crippen LogP contribution in [0.3, 0.4) is 0 Å². The predicted molar refractivity (Wildman–Crippen MR) is 156 cm³/mol. The molecule has 0 N–H and O–H groups in total. The van der Waals surface area contributed by atoms with E-state index in [1.165, 1.54) is 6.07 Å². The molecule has 6 nitrogen and oxygen atoms in total. The summed E-state index contributed by atoms with van der Waals surface area (Å²) in [5.74, 6) is 0.558. The van der Waals surface area contributed by atoms with Gasteiger partial charge in [0.15, 0.2) is 5.78 Å². The number of benzene rings is 1. The average molecular weight is 561 g/mol. The zero-order valence-electron chi connectivity index (χ0n) is 24.6. The Labute approximate surface area is 242 Å². The van der Waals surface area contributed by atoms with E-state index in [4.69, 9.17) is 9.47 Å². The zero-order valence-corrected chi connectivity index (χ0v) is 24.6. The van der Waals surface area contributed by atoms with Crippen LogP contribution in [0.2, 0.25) is 0 Å². The van der Waals surface area contributed by atoms with E-state index < -0.39 is 5.60 Å². The van der Waals surface area contributed by atoms with Crippen molar-refractivity contribution in [2.24, 2.45) is 11.8 Å². The third-order valence-corrected chi connectivity index (χ3v) is 8.46. The van der Waals surface area contributed by atoms with Gasteiger partial charge in [-0.15, -0.1) is 0 Å². The summed E-state index contributed by atoms with van der Waals surface area (Å²) >= 11 is 0. The molecule has 2 aromatic heterocycles. The number of hydrogen-bond acceptors (Lipinski definition) is 6. The molecular weight excluding hydrogens is 519 g/mol. The molecule has 1 saturated heterocycles. The van der Waals surface area contributed by atoms with E-state index in [2.05, 4.69) is 16.9 Å². The molecule has 0 unspecified atom stereocenters. The first-order chi connectivity index (χ1) is 19.6. The maximum absolute atomic E-state index is 14.9. The molecule has 3 atom stereocenters. The third-order valence-electron chi connectivity index (χ3n) is 8.46. The second-order valence-electron chi connectivity index (χ2n) is 13.0. The van der Waals surface area contributed by atoms with Gasteiger partial charge in [-0.2, -0.15) is 0 Å². The molecule has 0 spiro atoms. The van der Waals surface area contributed by atoms with Gasteiger partial charge in [-0.3, -0.25) is 19.6 Å². The summed E-state index contributed by atoms with van der Waals surface area (Å²) in [4.78, 5) is 35.2. The number of Topliss-reactive ketones (excluding diaryl/α,β-unsaturated/α-hetero) is 1. The minimum atomic E-state index is -0.499. The largest absolute Gasteiger partial charge is 0.460 e. The Bertz CT molecular complexity index is 1410. The molecule has 2 aliphatic rings. The molecule has 7 heteroatoms. The van der Waals surface area contributed by atoms with Crippen LogP contribution in [0.25, 0.3) is 10.9 Å². The van der Waals surface area contributed by atoms with Gasteiger partial charge in [-0.1, -0.05) is 6.92 Å². The molecule has 0 amide bonds. The quantitative estimate of drug-likeness (QED) is 0.222. The minimum absolute atomic E-state index is 0.107. The summed E-state index contributed by atoms with van der Waals surface area (Å²) in [6.07, 6.45) is 10.5. The number of aromatic nitrogens is 2. The highest BCUT2D eigenvalue weighted by Crippen LogP contribution is 2.42. The molecule has 0 radical (unpaired) electrons. The highest BCUT2D eigenvalue weighted by Gasteiger charge is 2.32. The van der Waals surface area contributed by atoms with Crippen LogP contribution in [0.5, 0.6) is 0 Å². The van der Waals surface area contributed by atoms with Gasteiger partial charge in [0, 0.05) is 55.6 Å². The summed E-state index contributed by atoms with van der Waals surface area (Å²) < 4.78 is 26.0. The Kier molecular flexibility index (Phi) is 8.83. The number of ether oxygens (including phenoxy) is 2. The highest BCUT2D eigenvalue weighted by molar-refractivity contribution is 6.07. The molecule has 1 aliphatic heterocycles. The van der Waals surface area contributed by atoms with Gasteiger partial charge < -0.3 is 9.47 Å². The van der Waals surface area contributed by atoms with Crippen molar-refractivity contribution < 1.29 is 23.5 Å². The lowest BCUT2D eigenvalue weighted by Gasteiger charge is -2.34. The number of carbonyl (C=O) groups is 2. The zero-order chi connectivity index (χ0) is 29.1. The molecule has 1 saturated carbocycles. The van der Waals surface area contributed by atoms with E-state index >= 15 is 0 Å². The van der Waals surface area contributed by atoms with Gasteiger partial charge in [0.25, 0.3) is 0 Å². The van der Waals surface area contributed by atoms with E-state index in [1.54, 1.807) is 24.7 Å². The minimum Gasteiger partial charge on any atom is -0.460 e. The van der Waals surface area contributed by atoms with Crippen LogP contribution in [-0.2, 0) is 20.7 Å².